The molecule has 8 N–H and O–H groups in total. The molecule has 9 aromatic carbocycles. The van der Waals surface area contributed by atoms with E-state index in [1.54, 1.807) is 94.5 Å². The molecule has 0 bridgehead atoms. The molecule has 0 saturated heterocycles. The van der Waals surface area contributed by atoms with Crippen molar-refractivity contribution in [1.82, 2.24) is 0 Å². The van der Waals surface area contributed by atoms with Gasteiger partial charge in [0.15, 0.2) is 0 Å². The Morgan fingerprint density at radius 3 is 1.17 bits per heavy atom. The summed E-state index contributed by atoms with van der Waals surface area (Å²) in [6.45, 7) is 33.4. The smallest absolute Gasteiger partial charge is 0.338 e. The van der Waals surface area contributed by atoms with Crippen molar-refractivity contribution >= 4 is 122 Å². The fourth-order valence-corrected chi connectivity index (χ4v) is 10.7. The topological polar surface area (TPSA) is 257 Å². The molecule has 2 amide bonds. The molecule has 0 aliphatic heterocycles. The summed E-state index contributed by atoms with van der Waals surface area (Å²) < 4.78 is 5.84. The maximum atomic E-state index is 13.3. The summed E-state index contributed by atoms with van der Waals surface area (Å²) in [6.07, 6.45) is 6.54. The van der Waals surface area contributed by atoms with E-state index in [4.69, 9.17) is 43.1 Å². The first-order valence-electron chi connectivity index (χ1n) is 30.6. The van der Waals surface area contributed by atoms with Gasteiger partial charge in [0.2, 0.25) is 0 Å². The predicted octanol–water partition coefficient (Wildman–Crippen LogP) is 18.9. The number of carbonyl (C=O) groups excluding carboxylic acids is 4. The average molecular weight is 1450 g/mol. The molecule has 0 unspecified atom stereocenters. The van der Waals surface area contributed by atoms with Crippen LogP contribution in [0.3, 0.4) is 0 Å². The molecule has 17 heteroatoms. The Kier molecular flexibility index (Phi) is 34.1. The minimum atomic E-state index is -0.972. The van der Waals surface area contributed by atoms with Gasteiger partial charge in [-0.05, 0) is 206 Å². The Balaban J connectivity index is 0.000000308. The summed E-state index contributed by atoms with van der Waals surface area (Å²) in [7, 11) is 0. The molecule has 9 rings (SSSR count). The number of benzene rings is 9. The highest BCUT2D eigenvalue weighted by Crippen LogP contribution is 2.27. The van der Waals surface area contributed by atoms with E-state index in [-0.39, 0.29) is 30.5 Å². The number of anilines is 4. The summed E-state index contributed by atoms with van der Waals surface area (Å²) >= 11 is 7.43. The van der Waals surface area contributed by atoms with Gasteiger partial charge in [-0.3, -0.25) is 24.1 Å². The third-order valence-corrected chi connectivity index (χ3v) is 15.8. The van der Waals surface area contributed by atoms with E-state index >= 15 is 0 Å². The fourth-order valence-electron chi connectivity index (χ4n) is 9.58. The maximum Gasteiger partial charge on any atom is 0.338 e. The maximum absolute atomic E-state index is 13.3. The van der Waals surface area contributed by atoms with Crippen LogP contribution < -0.4 is 21.7 Å². The Bertz CT molecular complexity index is 4160. The summed E-state index contributed by atoms with van der Waals surface area (Å²) in [6, 6.07) is 55.7. The second kappa shape index (κ2) is 41.1. The molecule has 15 nitrogen and oxygen atoms in total. The number of carboxylic acid groups (broad SMARTS) is 3. The van der Waals surface area contributed by atoms with Crippen LogP contribution in [0.15, 0.2) is 208 Å². The number of carbonyl (C=O) groups is 7. The van der Waals surface area contributed by atoms with Crippen molar-refractivity contribution < 1.29 is 53.6 Å². The number of rotatable bonds is 15. The van der Waals surface area contributed by atoms with E-state index in [0.717, 1.165) is 76.1 Å². The molecule has 0 aromatic heterocycles. The monoisotopic (exact) mass is 1450 g/mol. The van der Waals surface area contributed by atoms with E-state index in [9.17, 15) is 33.6 Å². The van der Waals surface area contributed by atoms with Crippen LogP contribution in [0.4, 0.5) is 22.7 Å². The van der Waals surface area contributed by atoms with Crippen LogP contribution in [-0.2, 0) is 9.53 Å². The molecule has 0 radical (unpaired) electrons. The lowest BCUT2D eigenvalue weighted by molar-refractivity contribution is -0.141. The summed E-state index contributed by atoms with van der Waals surface area (Å²) in [5.74, 6) is -3.50. The van der Waals surface area contributed by atoms with Gasteiger partial charge in [-0.1, -0.05) is 202 Å². The van der Waals surface area contributed by atoms with Crippen LogP contribution in [0.2, 0.25) is 0 Å². The first-order valence-corrected chi connectivity index (χ1v) is 32.1. The SMILES string of the molecule is C=Cc1cccc(C)c1C(=O)Cl.C=Cc1cccc(C)c1C(=O)N(CC(=O)OCC)c1ccccc1C.C=Cc1cccc(C)c1C(=O)Nc1ccccc1C.C=Cc1cccc(C)c1C(=O)O.Cc1cccc(I)c1C(=O)O.Cc1cccc(N)c1C(=O)O.Cc1ccccc1N. The molecule has 0 aliphatic rings. The van der Waals surface area contributed by atoms with Crippen LogP contribution in [0.5, 0.6) is 0 Å². The number of nitrogens with one attached hydrogen (secondary N) is 1. The highest BCUT2D eigenvalue weighted by atomic mass is 127. The predicted molar refractivity (Wildman–Crippen MR) is 410 cm³/mol. The van der Waals surface area contributed by atoms with E-state index in [2.05, 4.69) is 31.6 Å². The average Bonchev–Trinajstić information content (AvgIpc) is 0.803. The number of amides is 2. The normalized spacial score (nSPS) is 9.76. The summed E-state index contributed by atoms with van der Waals surface area (Å²) in [4.78, 5) is 82.2. The van der Waals surface area contributed by atoms with Crippen LogP contribution in [-0.4, -0.2) is 69.4 Å². The van der Waals surface area contributed by atoms with Gasteiger partial charge in [0.1, 0.15) is 6.54 Å². The standard InChI is InChI=1S/C21H23NO3.C17H17NO.C10H9ClO.C10H10O2.C8H7IO2.C8H9NO2.C7H9N/c1-5-17-12-9-11-16(4)20(17)21(24)22(14-19(23)25-6-2)18-13-8-7-10-15(18)3;1-4-14-10-7-9-13(3)16(14)17(19)18-15-11-6-5-8-12(15)2;2*1-3-8-6-4-5-7(2)9(8)10(11)12;2*1-5-3-2-4-6(9)7(5)8(10)11;1-6-4-2-3-5-7(6)8/h5,7-13H,1,6,14H2,2-4H3;4-11H,1H2,2-3H3,(H,18,19);3-6H,1H2,2H3;3-6H,1H2,2H3,(H,11,12);2-4H,1H3,(H,10,11);2-4H,9H2,1H3,(H,10,11);2-5H,8H2,1H3. The van der Waals surface area contributed by atoms with Gasteiger partial charge in [-0.2, -0.15) is 0 Å². The number of hydrogen-bond acceptors (Lipinski definition) is 10. The quantitative estimate of drug-likeness (QED) is 0.0242. The Morgan fingerprint density at radius 2 is 0.796 bits per heavy atom. The van der Waals surface area contributed by atoms with Gasteiger partial charge < -0.3 is 36.8 Å². The number of ether oxygens (including phenoxy) is 1. The second-order valence-electron chi connectivity index (χ2n) is 21.7. The zero-order valence-electron chi connectivity index (χ0n) is 56.8. The highest BCUT2D eigenvalue weighted by Gasteiger charge is 2.26. The zero-order chi connectivity index (χ0) is 73.3. The molecule has 0 heterocycles. The van der Waals surface area contributed by atoms with E-state index in [1.165, 1.54) is 4.90 Å². The molecule has 0 fully saturated rings. The van der Waals surface area contributed by atoms with Crippen molar-refractivity contribution in [3.8, 4) is 0 Å². The molecule has 508 valence electrons. The molecule has 0 atom stereocenters. The summed E-state index contributed by atoms with van der Waals surface area (Å²) in [5.41, 5.74) is 27.5. The lowest BCUT2D eigenvalue weighted by Gasteiger charge is -2.25. The number of aromatic carboxylic acids is 3. The van der Waals surface area contributed by atoms with E-state index in [1.807, 2.05) is 204 Å². The van der Waals surface area contributed by atoms with Crippen molar-refractivity contribution in [2.45, 2.75) is 69.2 Å². The van der Waals surface area contributed by atoms with Gasteiger partial charge in [-0.25, -0.2) is 14.4 Å². The number of nitrogens with zero attached hydrogens (tertiary/aromatic N) is 1. The van der Waals surface area contributed by atoms with Crippen LogP contribution in [0.1, 0.15) is 141 Å². The minimum absolute atomic E-state index is 0.0951. The third kappa shape index (κ3) is 24.4. The molecular formula is C81H84ClIN4O11. The second-order valence-corrected chi connectivity index (χ2v) is 23.2. The Labute approximate surface area is 593 Å². The first-order chi connectivity index (χ1) is 46.5. The van der Waals surface area contributed by atoms with Gasteiger partial charge in [-0.15, -0.1) is 0 Å². The number of aryl methyl sites for hydroxylation is 9. The van der Waals surface area contributed by atoms with Gasteiger partial charge in [0.25, 0.3) is 17.1 Å². The number of para-hydroxylation sites is 3. The number of halogens is 2. The number of nitrogens with two attached hydrogens (primary N) is 2. The largest absolute Gasteiger partial charge is 0.478 e. The van der Waals surface area contributed by atoms with Crippen molar-refractivity contribution in [1.29, 1.82) is 0 Å². The fraction of sp³-hybridized carbons (Fsp3) is 0.148. The first kappa shape index (κ1) is 81.3. The zero-order valence-corrected chi connectivity index (χ0v) is 59.8. The third-order valence-electron chi connectivity index (χ3n) is 14.7. The Morgan fingerprint density at radius 1 is 0.439 bits per heavy atom. The lowest BCUT2D eigenvalue weighted by atomic mass is 10.00. The van der Waals surface area contributed by atoms with E-state index in [0.29, 0.717) is 50.3 Å². The van der Waals surface area contributed by atoms with Crippen molar-refractivity contribution in [3.63, 3.8) is 0 Å². The Hall–Kier alpha value is -11.0. The number of hydrogen-bond donors (Lipinski definition) is 6. The van der Waals surface area contributed by atoms with Gasteiger partial charge >= 0.3 is 23.9 Å². The van der Waals surface area contributed by atoms with Crippen LogP contribution in [0, 0.1) is 65.9 Å². The molecule has 0 spiro atoms. The number of carboxylic acids is 3. The molecule has 98 heavy (non-hydrogen) atoms. The van der Waals surface area contributed by atoms with Gasteiger partial charge in [0, 0.05) is 37.4 Å². The molecule has 9 aromatic rings. The van der Waals surface area contributed by atoms with Crippen LogP contribution in [0.25, 0.3) is 24.3 Å². The van der Waals surface area contributed by atoms with E-state index < -0.39 is 29.1 Å². The minimum Gasteiger partial charge on any atom is -0.478 e. The van der Waals surface area contributed by atoms with Crippen molar-refractivity contribution in [2.75, 3.05) is 34.8 Å². The number of esters is 1. The highest BCUT2D eigenvalue weighted by molar-refractivity contribution is 14.1. The summed E-state index contributed by atoms with van der Waals surface area (Å²) in [5, 5.41) is 28.8. The van der Waals surface area contributed by atoms with Crippen LogP contribution >= 0.6 is 34.2 Å². The number of nitrogen functional groups attached to an aromatic ring is 2. The lowest BCUT2D eigenvalue weighted by Crippen LogP contribution is -2.37. The molecule has 0 saturated carbocycles. The van der Waals surface area contributed by atoms with Crippen molar-refractivity contribution in [3.05, 3.63) is 318 Å². The van der Waals surface area contributed by atoms with Crippen molar-refractivity contribution in [2.24, 2.45) is 0 Å². The molecule has 0 aliphatic carbocycles. The van der Waals surface area contributed by atoms with Gasteiger partial charge in [0.05, 0.1) is 28.9 Å². The molecular weight excluding hydrogens is 1370 g/mol.